The van der Waals surface area contributed by atoms with Crippen molar-refractivity contribution in [2.75, 3.05) is 18.0 Å². The summed E-state index contributed by atoms with van der Waals surface area (Å²) >= 11 is 4.83. The van der Waals surface area contributed by atoms with Crippen molar-refractivity contribution < 1.29 is 9.21 Å². The highest BCUT2D eigenvalue weighted by Gasteiger charge is 2.26. The summed E-state index contributed by atoms with van der Waals surface area (Å²) in [6.45, 7) is 1.61. The molecule has 0 spiro atoms. The Bertz CT molecular complexity index is 584. The predicted molar refractivity (Wildman–Crippen MR) is 81.2 cm³/mol. The number of carbonyl (C=O) groups excluding carboxylic acids is 1. The number of rotatable bonds is 4. The van der Waals surface area contributed by atoms with E-state index in [0.717, 1.165) is 24.5 Å². The summed E-state index contributed by atoms with van der Waals surface area (Å²) in [5, 5.41) is 5.93. The highest BCUT2D eigenvalue weighted by Crippen LogP contribution is 2.26. The first-order valence-corrected chi connectivity index (χ1v) is 8.11. The van der Waals surface area contributed by atoms with Crippen molar-refractivity contribution in [2.24, 2.45) is 0 Å². The van der Waals surface area contributed by atoms with Crippen molar-refractivity contribution in [1.29, 1.82) is 0 Å². The van der Waals surface area contributed by atoms with Gasteiger partial charge in [0.15, 0.2) is 15.6 Å². The number of carbonyl (C=O) groups is 1. The summed E-state index contributed by atoms with van der Waals surface area (Å²) in [6.07, 6.45) is 4.02. The third kappa shape index (κ3) is 2.88. The third-order valence-corrected chi connectivity index (χ3v) is 4.57. The quantitative estimate of drug-likeness (QED) is 0.915. The number of nitrogens with one attached hydrogen (secondary N) is 1. The molecule has 1 atom stereocenters. The zero-order valence-corrected chi connectivity index (χ0v) is 13.1. The maximum atomic E-state index is 12.0. The summed E-state index contributed by atoms with van der Waals surface area (Å²) in [7, 11) is 0. The Morgan fingerprint density at radius 1 is 1.60 bits per heavy atom. The smallest absolute Gasteiger partial charge is 0.287 e. The second-order valence-corrected chi connectivity index (χ2v) is 6.27. The number of amides is 1. The molecule has 1 saturated heterocycles. The molecule has 2 aromatic rings. The van der Waals surface area contributed by atoms with Crippen LogP contribution < -0.4 is 10.2 Å². The van der Waals surface area contributed by atoms with Crippen molar-refractivity contribution in [1.82, 2.24) is 10.3 Å². The van der Waals surface area contributed by atoms with Crippen molar-refractivity contribution in [3.8, 4) is 0 Å². The molecule has 1 aliphatic rings. The number of hydrogen-bond acceptors (Lipinski definition) is 5. The maximum Gasteiger partial charge on any atom is 0.287 e. The van der Waals surface area contributed by atoms with Crippen molar-refractivity contribution in [3.63, 3.8) is 0 Å². The Labute approximate surface area is 129 Å². The van der Waals surface area contributed by atoms with Gasteiger partial charge in [-0.05, 0) is 40.9 Å². The molecule has 7 heteroatoms. The first-order valence-electron chi connectivity index (χ1n) is 6.44. The summed E-state index contributed by atoms with van der Waals surface area (Å²) in [4.78, 5) is 18.6. The fourth-order valence-electron chi connectivity index (χ4n) is 2.39. The van der Waals surface area contributed by atoms with Crippen LogP contribution in [0.3, 0.4) is 0 Å². The minimum atomic E-state index is -0.179. The maximum absolute atomic E-state index is 12.0. The van der Waals surface area contributed by atoms with Gasteiger partial charge in [0.1, 0.15) is 0 Å². The van der Waals surface area contributed by atoms with Gasteiger partial charge < -0.3 is 14.6 Å². The summed E-state index contributed by atoms with van der Waals surface area (Å²) in [5.41, 5.74) is 0. The van der Waals surface area contributed by atoms with Crippen LogP contribution in [-0.2, 0) is 0 Å². The first-order chi connectivity index (χ1) is 9.74. The summed E-state index contributed by atoms with van der Waals surface area (Å²) in [6, 6.07) is 3.68. The lowest BCUT2D eigenvalue weighted by atomic mass is 10.2. The van der Waals surface area contributed by atoms with E-state index in [1.54, 1.807) is 23.5 Å². The van der Waals surface area contributed by atoms with Gasteiger partial charge in [-0.2, -0.15) is 0 Å². The molecule has 1 unspecified atom stereocenters. The van der Waals surface area contributed by atoms with Crippen LogP contribution in [0, 0.1) is 0 Å². The number of halogens is 1. The van der Waals surface area contributed by atoms with Gasteiger partial charge in [0.2, 0.25) is 0 Å². The molecule has 0 bridgehead atoms. The fourth-order valence-corrected chi connectivity index (χ4v) is 3.44. The lowest BCUT2D eigenvalue weighted by molar-refractivity contribution is 0.0922. The molecule has 1 fully saturated rings. The molecule has 5 nitrogen and oxygen atoms in total. The molecule has 3 heterocycles. The molecule has 2 aromatic heterocycles. The summed E-state index contributed by atoms with van der Waals surface area (Å²) in [5.74, 6) is 0.150. The molecule has 1 N–H and O–H groups in total. The van der Waals surface area contributed by atoms with E-state index in [1.807, 2.05) is 11.6 Å². The van der Waals surface area contributed by atoms with E-state index in [1.165, 1.54) is 0 Å². The molecule has 0 aliphatic carbocycles. The van der Waals surface area contributed by atoms with Gasteiger partial charge in [0.25, 0.3) is 5.91 Å². The molecule has 0 radical (unpaired) electrons. The van der Waals surface area contributed by atoms with Crippen LogP contribution in [0.15, 0.2) is 32.8 Å². The number of furan rings is 1. The number of anilines is 1. The molecule has 106 valence electrons. The first kappa shape index (κ1) is 13.6. The van der Waals surface area contributed by atoms with E-state index in [2.05, 4.69) is 31.1 Å². The van der Waals surface area contributed by atoms with E-state index in [9.17, 15) is 4.79 Å². The van der Waals surface area contributed by atoms with E-state index in [0.29, 0.717) is 23.0 Å². The number of aromatic nitrogens is 1. The predicted octanol–water partition coefficient (Wildman–Crippen LogP) is 2.90. The molecule has 3 rings (SSSR count). The Hall–Kier alpha value is -1.34. The van der Waals surface area contributed by atoms with Gasteiger partial charge >= 0.3 is 0 Å². The van der Waals surface area contributed by atoms with Gasteiger partial charge in [0.05, 0.1) is 0 Å². The Morgan fingerprint density at radius 3 is 3.20 bits per heavy atom. The average molecular weight is 356 g/mol. The van der Waals surface area contributed by atoms with Gasteiger partial charge in [-0.3, -0.25) is 4.79 Å². The molecule has 20 heavy (non-hydrogen) atoms. The van der Waals surface area contributed by atoms with Crippen LogP contribution in [0.2, 0.25) is 0 Å². The zero-order chi connectivity index (χ0) is 13.9. The van der Waals surface area contributed by atoms with E-state index in [4.69, 9.17) is 4.42 Å². The van der Waals surface area contributed by atoms with Crippen LogP contribution in [0.4, 0.5) is 5.13 Å². The van der Waals surface area contributed by atoms with Crippen LogP contribution in [0.5, 0.6) is 0 Å². The fraction of sp³-hybridized carbons (Fsp3) is 0.385. The van der Waals surface area contributed by atoms with E-state index in [-0.39, 0.29) is 5.91 Å². The lowest BCUT2D eigenvalue weighted by Gasteiger charge is -2.23. The van der Waals surface area contributed by atoms with Gasteiger partial charge in [-0.1, -0.05) is 0 Å². The zero-order valence-electron chi connectivity index (χ0n) is 10.7. The Kier molecular flexibility index (Phi) is 4.07. The van der Waals surface area contributed by atoms with Crippen molar-refractivity contribution in [3.05, 3.63) is 34.1 Å². The van der Waals surface area contributed by atoms with Crippen LogP contribution in [-0.4, -0.2) is 30.0 Å². The van der Waals surface area contributed by atoms with E-state index < -0.39 is 0 Å². The standard InChI is InChI=1S/C13H14BrN3O2S/c14-11-4-3-10(19-11)12(18)16-8-9-2-1-6-17(9)13-15-5-7-20-13/h3-5,7,9H,1-2,6,8H2,(H,16,18). The molecular formula is C13H14BrN3O2S. The normalized spacial score (nSPS) is 18.4. The molecule has 0 saturated carbocycles. The monoisotopic (exact) mass is 355 g/mol. The lowest BCUT2D eigenvalue weighted by Crippen LogP contribution is -2.40. The second-order valence-electron chi connectivity index (χ2n) is 4.62. The highest BCUT2D eigenvalue weighted by molar-refractivity contribution is 9.10. The minimum Gasteiger partial charge on any atom is -0.444 e. The number of hydrogen-bond donors (Lipinski definition) is 1. The van der Waals surface area contributed by atoms with Crippen LogP contribution in [0.25, 0.3) is 0 Å². The topological polar surface area (TPSA) is 58.4 Å². The summed E-state index contributed by atoms with van der Waals surface area (Å²) < 4.78 is 5.80. The van der Waals surface area contributed by atoms with Crippen molar-refractivity contribution in [2.45, 2.75) is 18.9 Å². The minimum absolute atomic E-state index is 0.179. The molecule has 1 aliphatic heterocycles. The number of thiazole rings is 1. The van der Waals surface area contributed by atoms with Gasteiger partial charge in [-0.15, -0.1) is 11.3 Å². The molecule has 1 amide bonds. The molecular weight excluding hydrogens is 342 g/mol. The van der Waals surface area contributed by atoms with Crippen LogP contribution >= 0.6 is 27.3 Å². The highest BCUT2D eigenvalue weighted by atomic mass is 79.9. The van der Waals surface area contributed by atoms with Gasteiger partial charge in [-0.25, -0.2) is 4.98 Å². The van der Waals surface area contributed by atoms with Crippen molar-refractivity contribution >= 4 is 38.3 Å². The Balaban J connectivity index is 1.59. The largest absolute Gasteiger partial charge is 0.444 e. The molecule has 0 aromatic carbocycles. The average Bonchev–Trinajstić information content (AvgIpc) is 3.16. The van der Waals surface area contributed by atoms with Gasteiger partial charge in [0, 0.05) is 30.7 Å². The number of nitrogens with zero attached hydrogens (tertiary/aromatic N) is 2. The van der Waals surface area contributed by atoms with E-state index >= 15 is 0 Å². The Morgan fingerprint density at radius 2 is 2.50 bits per heavy atom. The SMILES string of the molecule is O=C(NCC1CCCN1c1nccs1)c1ccc(Br)o1. The third-order valence-electron chi connectivity index (χ3n) is 3.34. The van der Waals surface area contributed by atoms with Crippen LogP contribution in [0.1, 0.15) is 23.4 Å². The second kappa shape index (κ2) is 5.97.